The summed E-state index contributed by atoms with van der Waals surface area (Å²) in [7, 11) is 0. The molecule has 27 heavy (non-hydrogen) atoms. The molecule has 144 valence electrons. The summed E-state index contributed by atoms with van der Waals surface area (Å²) in [4.78, 5) is 37.8. The Kier molecular flexibility index (Phi) is 5.58. The van der Waals surface area contributed by atoms with Crippen molar-refractivity contribution in [1.82, 2.24) is 20.2 Å². The lowest BCUT2D eigenvalue weighted by Gasteiger charge is -2.41. The lowest BCUT2D eigenvalue weighted by Crippen LogP contribution is -2.54. The number of carbonyl (C=O) groups is 2. The number of piperazine rings is 1. The minimum Gasteiger partial charge on any atom is -0.350 e. The van der Waals surface area contributed by atoms with Gasteiger partial charge in [0.1, 0.15) is 5.82 Å². The molecule has 1 aromatic rings. The third-order valence-corrected chi connectivity index (χ3v) is 4.99. The monoisotopic (exact) mass is 369 g/mol. The fourth-order valence-corrected chi connectivity index (χ4v) is 3.58. The van der Waals surface area contributed by atoms with Crippen molar-refractivity contribution in [2.24, 2.45) is 0 Å². The van der Waals surface area contributed by atoms with E-state index in [4.69, 9.17) is 4.98 Å². The zero-order valence-electron chi connectivity index (χ0n) is 16.2. The van der Waals surface area contributed by atoms with Gasteiger partial charge in [-0.05, 0) is 26.3 Å². The number of allylic oxidation sites excluding steroid dienone is 1. The molecule has 1 saturated heterocycles. The van der Waals surface area contributed by atoms with Gasteiger partial charge in [-0.2, -0.15) is 0 Å². The van der Waals surface area contributed by atoms with Crippen molar-refractivity contribution in [2.45, 2.75) is 45.7 Å². The molecule has 2 aliphatic rings. The largest absolute Gasteiger partial charge is 0.350 e. The van der Waals surface area contributed by atoms with Gasteiger partial charge in [0.2, 0.25) is 5.91 Å². The van der Waals surface area contributed by atoms with Crippen LogP contribution in [0.2, 0.25) is 0 Å². The maximum absolute atomic E-state index is 12.5. The molecule has 7 nitrogen and oxygen atoms in total. The van der Waals surface area contributed by atoms with Gasteiger partial charge in [0.05, 0.1) is 23.2 Å². The highest BCUT2D eigenvalue weighted by Crippen LogP contribution is 2.28. The van der Waals surface area contributed by atoms with Gasteiger partial charge in [-0.1, -0.05) is 19.6 Å². The topological polar surface area (TPSA) is 78.4 Å². The maximum atomic E-state index is 12.5. The molecule has 2 amide bonds. The van der Waals surface area contributed by atoms with E-state index in [1.807, 2.05) is 24.8 Å². The summed E-state index contributed by atoms with van der Waals surface area (Å²) >= 11 is 0. The Hall–Kier alpha value is -2.70. The van der Waals surface area contributed by atoms with Crippen LogP contribution in [0.5, 0.6) is 0 Å². The lowest BCUT2D eigenvalue weighted by molar-refractivity contribution is -0.126. The minimum atomic E-state index is -0.108. The number of rotatable bonds is 5. The average Bonchev–Trinajstić information content (AvgIpc) is 3.09. The average molecular weight is 369 g/mol. The van der Waals surface area contributed by atoms with Crippen molar-refractivity contribution in [3.63, 3.8) is 0 Å². The van der Waals surface area contributed by atoms with Crippen LogP contribution >= 0.6 is 0 Å². The number of carbonyl (C=O) groups excluding carboxylic acids is 2. The van der Waals surface area contributed by atoms with Crippen molar-refractivity contribution in [3.05, 3.63) is 36.3 Å². The summed E-state index contributed by atoms with van der Waals surface area (Å²) in [5.41, 5.74) is 2.10. The highest BCUT2D eigenvalue weighted by atomic mass is 16.2. The zero-order chi connectivity index (χ0) is 19.6. The first kappa shape index (κ1) is 19.1. The lowest BCUT2D eigenvalue weighted by atomic mass is 10.1. The number of amides is 2. The fourth-order valence-electron chi connectivity index (χ4n) is 3.58. The number of fused-ring (bicyclic) bond motifs is 1. The fraction of sp³-hybridized carbons (Fsp3) is 0.500. The van der Waals surface area contributed by atoms with Crippen LogP contribution in [0.1, 0.15) is 38.6 Å². The number of hydrogen-bond donors (Lipinski definition) is 1. The van der Waals surface area contributed by atoms with Crippen molar-refractivity contribution in [3.8, 4) is 0 Å². The van der Waals surface area contributed by atoms with Crippen LogP contribution in [0, 0.1) is 0 Å². The predicted molar refractivity (Wildman–Crippen MR) is 105 cm³/mol. The quantitative estimate of drug-likeness (QED) is 0.797. The molecular weight excluding hydrogens is 342 g/mol. The first-order valence-corrected chi connectivity index (χ1v) is 9.49. The molecule has 7 heteroatoms. The van der Waals surface area contributed by atoms with Crippen LogP contribution in [0.3, 0.4) is 0 Å². The highest BCUT2D eigenvalue weighted by molar-refractivity contribution is 6.20. The van der Waals surface area contributed by atoms with Crippen molar-refractivity contribution in [1.29, 1.82) is 0 Å². The van der Waals surface area contributed by atoms with E-state index in [0.717, 1.165) is 17.9 Å². The van der Waals surface area contributed by atoms with Crippen LogP contribution in [-0.2, 0) is 16.0 Å². The molecule has 0 radical (unpaired) electrons. The smallest absolute Gasteiger partial charge is 0.253 e. The van der Waals surface area contributed by atoms with Crippen LogP contribution < -0.4 is 10.2 Å². The molecule has 1 fully saturated rings. The second-order valence-electron chi connectivity index (χ2n) is 7.22. The van der Waals surface area contributed by atoms with Crippen molar-refractivity contribution in [2.75, 3.05) is 24.5 Å². The molecule has 0 bridgehead atoms. The molecule has 1 N–H and O–H groups in total. The van der Waals surface area contributed by atoms with E-state index in [9.17, 15) is 9.59 Å². The third kappa shape index (κ3) is 3.86. The number of aromatic nitrogens is 2. The molecule has 0 saturated carbocycles. The molecule has 1 aliphatic carbocycles. The standard InChI is InChI=1S/C20H27N5O2/c1-5-14-12-24(18(26)6-2)9-10-25(14)17-11-21-16-8-7-15(19(16)23-17)20(27)22-13(3)4/h6-7,11,13-14H,2,5,8-10,12H2,1,3-4H3,(H,22,27)/t14-/m1/s1. The van der Waals surface area contributed by atoms with E-state index in [0.29, 0.717) is 37.3 Å². The van der Waals surface area contributed by atoms with Gasteiger partial charge >= 0.3 is 0 Å². The minimum absolute atomic E-state index is 0.0382. The predicted octanol–water partition coefficient (Wildman–Crippen LogP) is 1.55. The van der Waals surface area contributed by atoms with Crippen LogP contribution in [-0.4, -0.2) is 58.4 Å². The summed E-state index contributed by atoms with van der Waals surface area (Å²) in [6.45, 7) is 11.5. The molecule has 0 unspecified atom stereocenters. The second-order valence-corrected chi connectivity index (χ2v) is 7.22. The van der Waals surface area contributed by atoms with Crippen LogP contribution in [0.4, 0.5) is 5.82 Å². The zero-order valence-corrected chi connectivity index (χ0v) is 16.2. The summed E-state index contributed by atoms with van der Waals surface area (Å²) in [5, 5.41) is 2.93. The van der Waals surface area contributed by atoms with E-state index >= 15 is 0 Å². The number of hydrogen-bond acceptors (Lipinski definition) is 5. The number of nitrogens with zero attached hydrogens (tertiary/aromatic N) is 4. The summed E-state index contributed by atoms with van der Waals surface area (Å²) in [5.74, 6) is 0.615. The molecule has 1 atom stereocenters. The molecular formula is C20H27N5O2. The van der Waals surface area contributed by atoms with Crippen LogP contribution in [0.25, 0.3) is 5.57 Å². The van der Waals surface area contributed by atoms with E-state index in [-0.39, 0.29) is 23.9 Å². The van der Waals surface area contributed by atoms with E-state index < -0.39 is 0 Å². The van der Waals surface area contributed by atoms with Gasteiger partial charge in [0.15, 0.2) is 0 Å². The van der Waals surface area contributed by atoms with Gasteiger partial charge in [-0.15, -0.1) is 0 Å². The number of anilines is 1. The Morgan fingerprint density at radius 3 is 2.85 bits per heavy atom. The maximum Gasteiger partial charge on any atom is 0.253 e. The first-order chi connectivity index (χ1) is 12.9. The van der Waals surface area contributed by atoms with Crippen molar-refractivity contribution >= 4 is 23.2 Å². The Labute approximate surface area is 160 Å². The van der Waals surface area contributed by atoms with Crippen LogP contribution in [0.15, 0.2) is 24.9 Å². The van der Waals surface area contributed by atoms with E-state index in [1.54, 1.807) is 6.20 Å². The molecule has 1 aliphatic heterocycles. The summed E-state index contributed by atoms with van der Waals surface area (Å²) < 4.78 is 0. The first-order valence-electron chi connectivity index (χ1n) is 9.49. The van der Waals surface area contributed by atoms with Gasteiger partial charge in [-0.3, -0.25) is 14.6 Å². The normalized spacial score (nSPS) is 19.0. The van der Waals surface area contributed by atoms with Gasteiger partial charge in [0.25, 0.3) is 5.91 Å². The van der Waals surface area contributed by atoms with Crippen molar-refractivity contribution < 1.29 is 9.59 Å². The molecule has 0 spiro atoms. The molecule has 1 aromatic heterocycles. The summed E-state index contributed by atoms with van der Waals surface area (Å²) in [6, 6.07) is 0.229. The Morgan fingerprint density at radius 2 is 2.19 bits per heavy atom. The highest BCUT2D eigenvalue weighted by Gasteiger charge is 2.30. The van der Waals surface area contributed by atoms with E-state index in [1.165, 1.54) is 6.08 Å². The molecule has 0 aromatic carbocycles. The SMILES string of the molecule is C=CC(=O)N1CCN(c2cnc3c(n2)C(C(=O)NC(C)C)=CC3)[C@H](CC)C1. The third-order valence-electron chi connectivity index (χ3n) is 4.99. The number of nitrogens with one attached hydrogen (secondary N) is 1. The van der Waals surface area contributed by atoms with Gasteiger partial charge in [-0.25, -0.2) is 4.98 Å². The van der Waals surface area contributed by atoms with Gasteiger partial charge < -0.3 is 15.1 Å². The Morgan fingerprint density at radius 1 is 1.41 bits per heavy atom. The Balaban J connectivity index is 1.83. The summed E-state index contributed by atoms with van der Waals surface area (Å²) in [6.07, 6.45) is 6.55. The molecule has 2 heterocycles. The van der Waals surface area contributed by atoms with Gasteiger partial charge in [0, 0.05) is 38.1 Å². The Bertz CT molecular complexity index is 787. The second kappa shape index (κ2) is 7.90. The molecule has 3 rings (SSSR count). The van der Waals surface area contributed by atoms with E-state index in [2.05, 4.69) is 28.7 Å².